The number of piperidine rings is 3. The van der Waals surface area contributed by atoms with Crippen LogP contribution in [0.3, 0.4) is 0 Å². The Kier molecular flexibility index (Phi) is 5.64. The van der Waals surface area contributed by atoms with Gasteiger partial charge in [-0.25, -0.2) is 4.79 Å². The van der Waals surface area contributed by atoms with Gasteiger partial charge in [-0.1, -0.05) is 6.07 Å². The molecule has 4 heterocycles. The number of hydrogen-bond acceptors (Lipinski definition) is 4. The Balaban J connectivity index is 1.43. The van der Waals surface area contributed by atoms with E-state index in [-0.39, 0.29) is 12.1 Å². The topological polar surface area (TPSA) is 57.3 Å². The van der Waals surface area contributed by atoms with Gasteiger partial charge in [0, 0.05) is 35.1 Å². The molecule has 5 rings (SSSR count). The van der Waals surface area contributed by atoms with E-state index in [9.17, 15) is 4.79 Å². The van der Waals surface area contributed by atoms with Crippen molar-refractivity contribution in [3.8, 4) is 0 Å². The highest BCUT2D eigenvalue weighted by atomic mass is 32.2. The first-order valence-electron chi connectivity index (χ1n) is 9.57. The molecule has 2 bridgehead atoms. The van der Waals surface area contributed by atoms with E-state index in [0.717, 1.165) is 38.0 Å². The van der Waals surface area contributed by atoms with Crippen molar-refractivity contribution in [3.63, 3.8) is 0 Å². The summed E-state index contributed by atoms with van der Waals surface area (Å²) in [6.45, 7) is 2.26. The second-order valence-corrected chi connectivity index (χ2v) is 8.24. The number of rotatable bonds is 5. The zero-order valence-electron chi connectivity index (χ0n) is 15.6. The molecule has 0 aliphatic carbocycles. The lowest BCUT2D eigenvalue weighted by Gasteiger charge is -2.51. The third kappa shape index (κ3) is 4.28. The van der Waals surface area contributed by atoms with Crippen molar-refractivity contribution >= 4 is 23.5 Å². The number of nitrogens with one attached hydrogen (secondary N) is 2. The lowest BCUT2D eigenvalue weighted by Crippen LogP contribution is -2.64. The highest BCUT2D eigenvalue weighted by Crippen LogP contribution is 2.34. The van der Waals surface area contributed by atoms with Crippen LogP contribution in [-0.4, -0.2) is 47.3 Å². The van der Waals surface area contributed by atoms with E-state index in [0.29, 0.717) is 12.0 Å². The van der Waals surface area contributed by atoms with Crippen LogP contribution in [0.4, 0.5) is 10.5 Å². The standard InChI is InChI=1S/C21H26N4OS/c1-27-18-6-4-17(5-7-18)23-21(26)24-20-16-8-11-25(12-9-16)19(20)13-15-3-2-10-22-14-15/h2-7,10,14,16,19-20H,8-9,11-13H2,1H3,(H2,23,24,26)/t19-,20+/m1/s1. The molecule has 142 valence electrons. The number of nitrogens with zero attached hydrogens (tertiary/aromatic N) is 2. The van der Waals surface area contributed by atoms with Gasteiger partial charge in [0.15, 0.2) is 0 Å². The molecule has 0 radical (unpaired) electrons. The number of aromatic nitrogens is 1. The van der Waals surface area contributed by atoms with E-state index in [1.807, 2.05) is 49.0 Å². The Hall–Kier alpha value is -2.05. The van der Waals surface area contributed by atoms with Crippen molar-refractivity contribution in [2.75, 3.05) is 24.7 Å². The molecule has 2 aromatic rings. The Bertz CT molecular complexity index is 760. The molecule has 2 atom stereocenters. The lowest BCUT2D eigenvalue weighted by atomic mass is 9.77. The quantitative estimate of drug-likeness (QED) is 0.776. The Labute approximate surface area is 164 Å². The average Bonchev–Trinajstić information content (AvgIpc) is 2.72. The highest BCUT2D eigenvalue weighted by molar-refractivity contribution is 7.98. The Morgan fingerprint density at radius 2 is 2.00 bits per heavy atom. The lowest BCUT2D eigenvalue weighted by molar-refractivity contribution is 0.0184. The van der Waals surface area contributed by atoms with Gasteiger partial charge in [-0.15, -0.1) is 11.8 Å². The summed E-state index contributed by atoms with van der Waals surface area (Å²) in [5, 5.41) is 6.27. The van der Waals surface area contributed by atoms with Gasteiger partial charge in [0.2, 0.25) is 0 Å². The second-order valence-electron chi connectivity index (χ2n) is 7.36. The van der Waals surface area contributed by atoms with Gasteiger partial charge in [0.25, 0.3) is 0 Å². The summed E-state index contributed by atoms with van der Waals surface area (Å²) >= 11 is 1.70. The van der Waals surface area contributed by atoms with Crippen LogP contribution in [0.1, 0.15) is 18.4 Å². The second kappa shape index (κ2) is 8.31. The predicted molar refractivity (Wildman–Crippen MR) is 110 cm³/mol. The molecule has 1 aromatic carbocycles. The molecular weight excluding hydrogens is 356 g/mol. The average molecular weight is 383 g/mol. The first-order chi connectivity index (χ1) is 13.2. The molecule has 3 aliphatic rings. The molecular formula is C21H26N4OS. The zero-order chi connectivity index (χ0) is 18.6. The normalized spacial score (nSPS) is 26.6. The van der Waals surface area contributed by atoms with E-state index in [1.165, 1.54) is 10.5 Å². The highest BCUT2D eigenvalue weighted by Gasteiger charge is 2.42. The first-order valence-corrected chi connectivity index (χ1v) is 10.8. The minimum Gasteiger partial charge on any atom is -0.333 e. The van der Waals surface area contributed by atoms with Gasteiger partial charge < -0.3 is 10.6 Å². The number of urea groups is 1. The Morgan fingerprint density at radius 1 is 1.22 bits per heavy atom. The van der Waals surface area contributed by atoms with Gasteiger partial charge in [-0.2, -0.15) is 0 Å². The molecule has 3 fully saturated rings. The van der Waals surface area contributed by atoms with E-state index in [4.69, 9.17) is 0 Å². The Morgan fingerprint density at radius 3 is 2.67 bits per heavy atom. The summed E-state index contributed by atoms with van der Waals surface area (Å²) < 4.78 is 0. The van der Waals surface area contributed by atoms with Gasteiger partial charge in [0.1, 0.15) is 0 Å². The number of thioether (sulfide) groups is 1. The van der Waals surface area contributed by atoms with Gasteiger partial charge >= 0.3 is 6.03 Å². The third-order valence-electron chi connectivity index (χ3n) is 5.78. The molecule has 0 saturated carbocycles. The summed E-state index contributed by atoms with van der Waals surface area (Å²) in [6.07, 6.45) is 9.05. The number of anilines is 1. The molecule has 3 aliphatic heterocycles. The summed E-state index contributed by atoms with van der Waals surface area (Å²) in [5.41, 5.74) is 2.06. The predicted octanol–water partition coefficient (Wildman–Crippen LogP) is 3.63. The van der Waals surface area contributed by atoms with Crippen LogP contribution in [0.15, 0.2) is 53.7 Å². The monoisotopic (exact) mass is 382 g/mol. The molecule has 5 nitrogen and oxygen atoms in total. The number of carbonyl (C=O) groups excluding carboxylic acids is 1. The van der Waals surface area contributed by atoms with Crippen molar-refractivity contribution in [3.05, 3.63) is 54.4 Å². The summed E-state index contributed by atoms with van der Waals surface area (Å²) in [7, 11) is 0. The number of hydrogen-bond donors (Lipinski definition) is 2. The fourth-order valence-electron chi connectivity index (χ4n) is 4.37. The van der Waals surface area contributed by atoms with E-state index >= 15 is 0 Å². The number of benzene rings is 1. The molecule has 0 spiro atoms. The van der Waals surface area contributed by atoms with Crippen LogP contribution >= 0.6 is 11.8 Å². The van der Waals surface area contributed by atoms with Crippen molar-refractivity contribution in [2.24, 2.45) is 5.92 Å². The molecule has 2 N–H and O–H groups in total. The van der Waals surface area contributed by atoms with Crippen molar-refractivity contribution in [2.45, 2.75) is 36.2 Å². The van der Waals surface area contributed by atoms with E-state index in [1.54, 1.807) is 11.8 Å². The summed E-state index contributed by atoms with van der Waals surface area (Å²) in [5.74, 6) is 0.557. The van der Waals surface area contributed by atoms with Crippen LogP contribution in [0.2, 0.25) is 0 Å². The number of amides is 2. The van der Waals surface area contributed by atoms with Crippen LogP contribution in [0.25, 0.3) is 0 Å². The van der Waals surface area contributed by atoms with Crippen molar-refractivity contribution < 1.29 is 4.79 Å². The number of pyridine rings is 1. The first kappa shape index (κ1) is 18.3. The fraction of sp³-hybridized carbons (Fsp3) is 0.429. The van der Waals surface area contributed by atoms with E-state index < -0.39 is 0 Å². The number of fused-ring (bicyclic) bond motifs is 3. The zero-order valence-corrected chi connectivity index (χ0v) is 16.4. The van der Waals surface area contributed by atoms with Crippen molar-refractivity contribution in [1.29, 1.82) is 0 Å². The molecule has 6 heteroatoms. The summed E-state index contributed by atoms with van der Waals surface area (Å²) in [4.78, 5) is 20.6. The maximum Gasteiger partial charge on any atom is 0.319 e. The minimum atomic E-state index is -0.109. The minimum absolute atomic E-state index is 0.109. The van der Waals surface area contributed by atoms with Gasteiger partial charge in [0.05, 0.1) is 0 Å². The van der Waals surface area contributed by atoms with Crippen LogP contribution in [0, 0.1) is 5.92 Å². The summed E-state index contributed by atoms with van der Waals surface area (Å²) in [6, 6.07) is 12.5. The van der Waals surface area contributed by atoms with Crippen molar-refractivity contribution in [1.82, 2.24) is 15.2 Å². The SMILES string of the molecule is CSc1ccc(NC(=O)N[C@H]2C3CCN(CC3)[C@@H]2Cc2cccnc2)cc1. The van der Waals surface area contributed by atoms with Gasteiger partial charge in [-0.05, 0) is 80.4 Å². The number of carbonyl (C=O) groups is 1. The largest absolute Gasteiger partial charge is 0.333 e. The molecule has 27 heavy (non-hydrogen) atoms. The van der Waals surface area contributed by atoms with Gasteiger partial charge in [-0.3, -0.25) is 9.88 Å². The fourth-order valence-corrected chi connectivity index (χ4v) is 4.78. The van der Waals surface area contributed by atoms with Crippen LogP contribution < -0.4 is 10.6 Å². The van der Waals surface area contributed by atoms with E-state index in [2.05, 4.69) is 26.6 Å². The molecule has 2 amide bonds. The molecule has 3 saturated heterocycles. The third-order valence-corrected chi connectivity index (χ3v) is 6.52. The van der Waals surface area contributed by atoms with Crippen LogP contribution in [0.5, 0.6) is 0 Å². The maximum absolute atomic E-state index is 12.7. The smallest absolute Gasteiger partial charge is 0.319 e. The maximum atomic E-state index is 12.7. The molecule has 1 aromatic heterocycles. The van der Waals surface area contributed by atoms with Crippen LogP contribution in [-0.2, 0) is 6.42 Å². The molecule has 0 unspecified atom stereocenters.